The molecule has 1 unspecified atom stereocenters. The first-order valence-electron chi connectivity index (χ1n) is 12.9. The molecule has 170 valence electrons. The third-order valence-corrected chi connectivity index (χ3v) is 9.33. The minimum Gasteiger partial charge on any atom is -0.368 e. The van der Waals surface area contributed by atoms with Crippen molar-refractivity contribution in [1.29, 1.82) is 0 Å². The van der Waals surface area contributed by atoms with E-state index in [1.165, 1.54) is 64.2 Å². The van der Waals surface area contributed by atoms with Gasteiger partial charge in [-0.15, -0.1) is 6.58 Å². The summed E-state index contributed by atoms with van der Waals surface area (Å²) in [5.41, 5.74) is 0.990. The molecule has 0 amide bonds. The average molecular weight is 429 g/mol. The van der Waals surface area contributed by atoms with Crippen LogP contribution in [0.1, 0.15) is 100 Å². The molecule has 1 nitrogen and oxygen atoms in total. The Morgan fingerprint density at radius 2 is 1.10 bits per heavy atom. The molecule has 0 aromatic heterocycles. The molecule has 1 saturated heterocycles. The summed E-state index contributed by atoms with van der Waals surface area (Å²) in [5.74, 6) is 3.19. The molecular formula is C28H38F2O. The number of halogens is 2. The molecule has 1 heterocycles. The zero-order chi connectivity index (χ0) is 21.4. The maximum absolute atomic E-state index is 14.7. The molecule has 0 radical (unpaired) electrons. The topological polar surface area (TPSA) is 12.5 Å². The van der Waals surface area contributed by atoms with Gasteiger partial charge in [-0.2, -0.15) is 0 Å². The number of benzene rings is 1. The van der Waals surface area contributed by atoms with Crippen LogP contribution in [0.25, 0.3) is 0 Å². The van der Waals surface area contributed by atoms with Crippen molar-refractivity contribution in [3.63, 3.8) is 0 Å². The van der Waals surface area contributed by atoms with Gasteiger partial charge in [0.15, 0.2) is 11.6 Å². The van der Waals surface area contributed by atoms with Gasteiger partial charge in [-0.1, -0.05) is 18.2 Å². The zero-order valence-corrected chi connectivity index (χ0v) is 18.8. The lowest BCUT2D eigenvalue weighted by Gasteiger charge is -2.41. The Balaban J connectivity index is 1.11. The smallest absolute Gasteiger partial charge is 0.165 e. The quantitative estimate of drug-likeness (QED) is 0.341. The number of ether oxygens (including phenoxy) is 1. The van der Waals surface area contributed by atoms with Crippen LogP contribution < -0.4 is 0 Å². The van der Waals surface area contributed by atoms with Crippen molar-refractivity contribution < 1.29 is 13.5 Å². The van der Waals surface area contributed by atoms with Gasteiger partial charge in [0.05, 0.1) is 6.61 Å². The molecule has 0 bridgehead atoms. The number of epoxide rings is 1. The molecule has 1 atom stereocenters. The summed E-state index contributed by atoms with van der Waals surface area (Å²) in [4.78, 5) is 0. The van der Waals surface area contributed by atoms with Crippen LogP contribution in [0.2, 0.25) is 0 Å². The van der Waals surface area contributed by atoms with Crippen LogP contribution in [-0.2, 0) is 4.74 Å². The van der Waals surface area contributed by atoms with E-state index in [-0.39, 0.29) is 12.0 Å². The minimum absolute atomic E-state index is 0.177. The van der Waals surface area contributed by atoms with Crippen molar-refractivity contribution in [1.82, 2.24) is 0 Å². The van der Waals surface area contributed by atoms with Gasteiger partial charge >= 0.3 is 0 Å². The predicted octanol–water partition coefficient (Wildman–Crippen LogP) is 8.11. The number of rotatable bonds is 5. The molecule has 3 heteroatoms. The SMILES string of the molecule is C=CC1CCC(C2CCC(C3CCC(c4ccc(C5CO5)c(F)c4F)CC3)CC2)CC1. The third kappa shape index (κ3) is 4.63. The minimum atomic E-state index is -0.678. The van der Waals surface area contributed by atoms with E-state index in [4.69, 9.17) is 4.74 Å². The first-order valence-corrected chi connectivity index (χ1v) is 12.9. The van der Waals surface area contributed by atoms with E-state index in [0.29, 0.717) is 17.7 Å². The van der Waals surface area contributed by atoms with Gasteiger partial charge in [0, 0.05) is 5.56 Å². The summed E-state index contributed by atoms with van der Waals surface area (Å²) in [5, 5.41) is 0. The fourth-order valence-electron chi connectivity index (χ4n) is 7.21. The van der Waals surface area contributed by atoms with Crippen LogP contribution in [0.4, 0.5) is 8.78 Å². The summed E-state index contributed by atoms with van der Waals surface area (Å²) in [7, 11) is 0. The second-order valence-corrected chi connectivity index (χ2v) is 10.9. The summed E-state index contributed by atoms with van der Waals surface area (Å²) < 4.78 is 34.3. The maximum atomic E-state index is 14.7. The lowest BCUT2D eigenvalue weighted by atomic mass is 9.64. The van der Waals surface area contributed by atoms with Crippen molar-refractivity contribution in [2.75, 3.05) is 6.61 Å². The van der Waals surface area contributed by atoms with Crippen molar-refractivity contribution in [3.8, 4) is 0 Å². The van der Waals surface area contributed by atoms with Crippen molar-refractivity contribution in [2.24, 2.45) is 29.6 Å². The van der Waals surface area contributed by atoms with E-state index in [0.717, 1.165) is 42.4 Å². The molecule has 0 spiro atoms. The Bertz CT molecular complexity index is 761. The Hall–Kier alpha value is -1.22. The molecule has 5 rings (SSSR count). The highest BCUT2D eigenvalue weighted by Gasteiger charge is 2.36. The number of allylic oxidation sites excluding steroid dienone is 1. The zero-order valence-electron chi connectivity index (χ0n) is 18.8. The normalized spacial score (nSPS) is 38.6. The summed E-state index contributed by atoms with van der Waals surface area (Å²) in [6.07, 6.45) is 17.4. The first-order chi connectivity index (χ1) is 15.1. The van der Waals surface area contributed by atoms with E-state index >= 15 is 0 Å². The fourth-order valence-corrected chi connectivity index (χ4v) is 7.21. The number of hydrogen-bond acceptors (Lipinski definition) is 1. The standard InChI is InChI=1S/C28H38F2O/c1-2-18-3-5-19(6-4-18)20-7-9-21(10-8-20)22-11-13-23(14-12-22)24-15-16-25(26-17-31-26)28(30)27(24)29/h2,15-16,18-23,26H,1,3-14,17H2. The number of hydrogen-bond donors (Lipinski definition) is 0. The molecule has 1 aromatic carbocycles. The Labute approximate surface area is 186 Å². The third-order valence-electron chi connectivity index (χ3n) is 9.33. The van der Waals surface area contributed by atoms with Crippen LogP contribution in [0.3, 0.4) is 0 Å². The monoisotopic (exact) mass is 428 g/mol. The second-order valence-electron chi connectivity index (χ2n) is 10.9. The first kappa shape index (κ1) is 21.6. The molecule has 1 aromatic rings. The van der Waals surface area contributed by atoms with Crippen molar-refractivity contribution in [2.45, 2.75) is 89.1 Å². The van der Waals surface area contributed by atoms with E-state index in [9.17, 15) is 8.78 Å². The average Bonchev–Trinajstić information content (AvgIpc) is 3.67. The van der Waals surface area contributed by atoms with Gasteiger partial charge in [0.25, 0.3) is 0 Å². The van der Waals surface area contributed by atoms with Gasteiger partial charge in [0.2, 0.25) is 0 Å². The molecular weight excluding hydrogens is 390 g/mol. The highest BCUT2D eigenvalue weighted by atomic mass is 19.2. The summed E-state index contributed by atoms with van der Waals surface area (Å²) in [6, 6.07) is 3.58. The lowest BCUT2D eigenvalue weighted by Crippen LogP contribution is -2.29. The van der Waals surface area contributed by atoms with E-state index < -0.39 is 11.6 Å². The maximum Gasteiger partial charge on any atom is 0.165 e. The van der Waals surface area contributed by atoms with Crippen LogP contribution in [-0.4, -0.2) is 6.61 Å². The van der Waals surface area contributed by atoms with E-state index in [1.54, 1.807) is 6.07 Å². The highest BCUT2D eigenvalue weighted by molar-refractivity contribution is 5.32. The van der Waals surface area contributed by atoms with Gasteiger partial charge in [-0.25, -0.2) is 8.78 Å². The Morgan fingerprint density at radius 3 is 1.58 bits per heavy atom. The van der Waals surface area contributed by atoms with Crippen molar-refractivity contribution >= 4 is 0 Å². The van der Waals surface area contributed by atoms with Crippen LogP contribution in [0.5, 0.6) is 0 Å². The van der Waals surface area contributed by atoms with Gasteiger partial charge in [-0.3, -0.25) is 0 Å². The molecule has 4 aliphatic rings. The Kier molecular flexibility index (Phi) is 6.51. The lowest BCUT2D eigenvalue weighted by molar-refractivity contribution is 0.114. The molecule has 0 N–H and O–H groups in total. The molecule has 1 aliphatic heterocycles. The summed E-state index contributed by atoms with van der Waals surface area (Å²) >= 11 is 0. The summed E-state index contributed by atoms with van der Waals surface area (Å²) in [6.45, 7) is 4.50. The Morgan fingerprint density at radius 1 is 0.677 bits per heavy atom. The highest BCUT2D eigenvalue weighted by Crippen LogP contribution is 2.47. The molecule has 4 fully saturated rings. The van der Waals surface area contributed by atoms with Crippen LogP contribution in [0, 0.1) is 41.2 Å². The van der Waals surface area contributed by atoms with Gasteiger partial charge in [-0.05, 0) is 118 Å². The van der Waals surface area contributed by atoms with Crippen molar-refractivity contribution in [3.05, 3.63) is 47.5 Å². The second kappa shape index (κ2) is 9.33. The predicted molar refractivity (Wildman–Crippen MR) is 121 cm³/mol. The van der Waals surface area contributed by atoms with E-state index in [2.05, 4.69) is 12.7 Å². The van der Waals surface area contributed by atoms with Gasteiger partial charge in [0.1, 0.15) is 6.10 Å². The molecule has 31 heavy (non-hydrogen) atoms. The molecule has 3 saturated carbocycles. The van der Waals surface area contributed by atoms with Crippen LogP contribution in [0.15, 0.2) is 24.8 Å². The van der Waals surface area contributed by atoms with E-state index in [1.807, 2.05) is 6.07 Å². The van der Waals surface area contributed by atoms with Crippen LogP contribution >= 0.6 is 0 Å². The largest absolute Gasteiger partial charge is 0.368 e. The molecule has 3 aliphatic carbocycles. The van der Waals surface area contributed by atoms with Gasteiger partial charge < -0.3 is 4.74 Å². The fraction of sp³-hybridized carbons (Fsp3) is 0.714.